The molecule has 3 N–H and O–H groups in total. The predicted molar refractivity (Wildman–Crippen MR) is 132 cm³/mol. The topological polar surface area (TPSA) is 76.3 Å². The van der Waals surface area contributed by atoms with Crippen LogP contribution < -0.4 is 15.5 Å². The Hall–Kier alpha value is -4.35. The Morgan fingerprint density at radius 1 is 0.794 bits per heavy atom. The minimum Gasteiger partial charge on any atom is -0.502 e. The molecule has 0 aliphatic rings. The molecule has 0 saturated carbocycles. The summed E-state index contributed by atoms with van der Waals surface area (Å²) in [7, 11) is 0. The molecule has 0 atom stereocenters. The second-order valence-corrected chi connectivity index (χ2v) is 8.03. The van der Waals surface area contributed by atoms with E-state index in [0.717, 1.165) is 11.3 Å². The van der Waals surface area contributed by atoms with Crippen molar-refractivity contribution in [3.8, 4) is 22.8 Å². The third kappa shape index (κ3) is 4.56. The molecule has 5 heteroatoms. The lowest BCUT2D eigenvalue weighted by Gasteiger charge is -2.12. The van der Waals surface area contributed by atoms with Gasteiger partial charge in [-0.2, -0.15) is 0 Å². The Labute approximate surface area is 196 Å². The second kappa shape index (κ2) is 9.65. The molecule has 34 heavy (non-hydrogen) atoms. The number of para-hydroxylation sites is 1. The van der Waals surface area contributed by atoms with E-state index in [0.29, 0.717) is 35.4 Å². The molecule has 5 aromatic rings. The summed E-state index contributed by atoms with van der Waals surface area (Å²) >= 11 is 0. The Balaban J connectivity index is 1.52. The molecular weight excluding hydrogens is 426 g/mol. The summed E-state index contributed by atoms with van der Waals surface area (Å²) in [4.78, 5) is 12.7. The van der Waals surface area contributed by atoms with Crippen molar-refractivity contribution in [1.82, 2.24) is 0 Å². The highest BCUT2D eigenvalue weighted by Crippen LogP contribution is 2.34. The van der Waals surface area contributed by atoms with Gasteiger partial charge in [-0.15, -0.1) is 0 Å². The molecule has 0 saturated heterocycles. The van der Waals surface area contributed by atoms with Crippen LogP contribution in [0.2, 0.25) is 0 Å². The molecule has 0 fully saturated rings. The average Bonchev–Trinajstić information content (AvgIpc) is 2.90. The summed E-state index contributed by atoms with van der Waals surface area (Å²) in [5.74, 6) is 0.462. The first-order chi connectivity index (χ1) is 16.7. The highest BCUT2D eigenvalue weighted by Gasteiger charge is 2.18. The highest BCUT2D eigenvalue weighted by atomic mass is 16.5. The van der Waals surface area contributed by atoms with Crippen LogP contribution in [0.1, 0.15) is 11.1 Å². The van der Waals surface area contributed by atoms with E-state index < -0.39 is 11.2 Å². The molecule has 0 bridgehead atoms. The number of ether oxygens (including phenoxy) is 1. The normalized spacial score (nSPS) is 10.9. The van der Waals surface area contributed by atoms with Crippen molar-refractivity contribution in [3.05, 3.63) is 124 Å². The van der Waals surface area contributed by atoms with E-state index in [-0.39, 0.29) is 5.76 Å². The maximum absolute atomic E-state index is 12.7. The molecule has 0 spiro atoms. The van der Waals surface area contributed by atoms with Crippen LogP contribution in [0.25, 0.3) is 22.3 Å². The summed E-state index contributed by atoms with van der Waals surface area (Å²) in [6.45, 7) is 1.14. The smallest absolute Gasteiger partial charge is 0.235 e. The standard InChI is InChI=1S/C29H23NO4/c31-27-23-13-7-8-14-25(23)34-29(28(27)32)22-15-16-26(33-19-21-11-5-2-6-12-21)24(17-22)30-18-20-9-3-1-4-10-20/h1-17,30,32H,18-19H2/p+1. The van der Waals surface area contributed by atoms with Crippen LogP contribution in [0.3, 0.4) is 0 Å². The minimum absolute atomic E-state index is 0.146. The molecular formula is C29H24NO4+. The largest absolute Gasteiger partial charge is 0.502 e. The maximum Gasteiger partial charge on any atom is 0.235 e. The van der Waals surface area contributed by atoms with Crippen molar-refractivity contribution < 1.29 is 19.6 Å². The minimum atomic E-state index is -0.448. The van der Waals surface area contributed by atoms with E-state index in [4.69, 9.17) is 9.15 Å². The second-order valence-electron chi connectivity index (χ2n) is 8.03. The molecule has 5 nitrogen and oxygen atoms in total. The number of hydrogen-bond acceptors (Lipinski definition) is 4. The van der Waals surface area contributed by atoms with Crippen LogP contribution in [-0.2, 0) is 13.2 Å². The zero-order valence-corrected chi connectivity index (χ0v) is 18.5. The van der Waals surface area contributed by atoms with Gasteiger partial charge in [-0.1, -0.05) is 72.8 Å². The van der Waals surface area contributed by atoms with Gasteiger partial charge < -0.3 is 19.6 Å². The number of fused-ring (bicyclic) bond motifs is 1. The first-order valence-electron chi connectivity index (χ1n) is 11.1. The predicted octanol–water partition coefficient (Wildman–Crippen LogP) is 5.14. The van der Waals surface area contributed by atoms with E-state index in [9.17, 15) is 9.90 Å². The number of aromatic hydroxyl groups is 1. The molecule has 0 radical (unpaired) electrons. The molecule has 0 aliphatic carbocycles. The number of quaternary nitrogens is 1. The van der Waals surface area contributed by atoms with Gasteiger partial charge >= 0.3 is 0 Å². The van der Waals surface area contributed by atoms with Crippen molar-refractivity contribution in [3.63, 3.8) is 0 Å². The van der Waals surface area contributed by atoms with Gasteiger partial charge in [-0.05, 0) is 29.8 Å². The van der Waals surface area contributed by atoms with Crippen molar-refractivity contribution in [1.29, 1.82) is 0 Å². The fourth-order valence-electron chi connectivity index (χ4n) is 3.89. The van der Waals surface area contributed by atoms with Crippen LogP contribution in [0.4, 0.5) is 5.69 Å². The van der Waals surface area contributed by atoms with Gasteiger partial charge in [0.25, 0.3) is 0 Å². The first kappa shape index (κ1) is 21.5. The highest BCUT2D eigenvalue weighted by molar-refractivity contribution is 5.82. The van der Waals surface area contributed by atoms with Gasteiger partial charge in [-0.3, -0.25) is 4.79 Å². The average molecular weight is 451 g/mol. The van der Waals surface area contributed by atoms with E-state index >= 15 is 0 Å². The fourth-order valence-corrected chi connectivity index (χ4v) is 3.89. The third-order valence-electron chi connectivity index (χ3n) is 5.68. The number of benzene rings is 4. The summed E-state index contributed by atoms with van der Waals surface area (Å²) in [5.41, 5.74) is 3.68. The fraction of sp³-hybridized carbons (Fsp3) is 0.0690. The SMILES string of the molecule is O=c1c(O)c(-c2ccc(OCc3ccccc3)c([NH2+]Cc3ccccc3)c2)oc2ccccc12. The molecule has 1 heterocycles. The monoisotopic (exact) mass is 450 g/mol. The molecule has 4 aromatic carbocycles. The van der Waals surface area contributed by atoms with Crippen molar-refractivity contribution in [2.24, 2.45) is 0 Å². The molecule has 5 rings (SSSR count). The summed E-state index contributed by atoms with van der Waals surface area (Å²) in [6, 6.07) is 32.6. The summed E-state index contributed by atoms with van der Waals surface area (Å²) in [5, 5.41) is 13.0. The lowest BCUT2D eigenvalue weighted by Crippen LogP contribution is -2.76. The number of nitrogens with two attached hydrogens (primary N) is 1. The van der Waals surface area contributed by atoms with Crippen LogP contribution in [-0.4, -0.2) is 5.11 Å². The van der Waals surface area contributed by atoms with Crippen molar-refractivity contribution >= 4 is 16.7 Å². The van der Waals surface area contributed by atoms with Crippen LogP contribution in [0, 0.1) is 0 Å². The van der Waals surface area contributed by atoms with E-state index in [1.165, 1.54) is 5.56 Å². The maximum atomic E-state index is 12.7. The summed E-state index contributed by atoms with van der Waals surface area (Å²) in [6.07, 6.45) is 0. The lowest BCUT2D eigenvalue weighted by molar-refractivity contribution is -0.589. The van der Waals surface area contributed by atoms with Gasteiger partial charge in [0.05, 0.1) is 5.39 Å². The van der Waals surface area contributed by atoms with Gasteiger partial charge in [0.15, 0.2) is 17.2 Å². The zero-order chi connectivity index (χ0) is 23.3. The molecule has 0 unspecified atom stereocenters. The Bertz CT molecular complexity index is 1480. The van der Waals surface area contributed by atoms with Crippen LogP contribution in [0.5, 0.6) is 11.5 Å². The molecule has 1 aromatic heterocycles. The van der Waals surface area contributed by atoms with Crippen LogP contribution in [0.15, 0.2) is 112 Å². The zero-order valence-electron chi connectivity index (χ0n) is 18.5. The lowest BCUT2D eigenvalue weighted by atomic mass is 10.1. The summed E-state index contributed by atoms with van der Waals surface area (Å²) < 4.78 is 12.1. The van der Waals surface area contributed by atoms with E-state index in [1.54, 1.807) is 30.3 Å². The van der Waals surface area contributed by atoms with Gasteiger partial charge in [0.2, 0.25) is 11.2 Å². The van der Waals surface area contributed by atoms with Gasteiger partial charge in [0.1, 0.15) is 18.7 Å². The Kier molecular flexibility index (Phi) is 6.10. The molecule has 0 amide bonds. The van der Waals surface area contributed by atoms with Gasteiger partial charge in [0, 0.05) is 17.2 Å². The van der Waals surface area contributed by atoms with Crippen LogP contribution >= 0.6 is 0 Å². The number of hydrogen-bond donors (Lipinski definition) is 2. The quantitative estimate of drug-likeness (QED) is 0.337. The third-order valence-corrected chi connectivity index (χ3v) is 5.68. The Morgan fingerprint density at radius 2 is 1.47 bits per heavy atom. The van der Waals surface area contributed by atoms with E-state index in [2.05, 4.69) is 17.4 Å². The first-order valence-corrected chi connectivity index (χ1v) is 11.1. The van der Waals surface area contributed by atoms with Crippen molar-refractivity contribution in [2.75, 3.05) is 0 Å². The molecule has 168 valence electrons. The van der Waals surface area contributed by atoms with E-state index in [1.807, 2.05) is 60.7 Å². The Morgan fingerprint density at radius 3 is 2.24 bits per heavy atom. The van der Waals surface area contributed by atoms with Gasteiger partial charge in [-0.25, -0.2) is 0 Å². The molecule has 0 aliphatic heterocycles. The number of rotatable bonds is 7. The van der Waals surface area contributed by atoms with Crippen molar-refractivity contribution in [2.45, 2.75) is 13.2 Å².